The number of benzene rings is 2. The third-order valence-corrected chi connectivity index (χ3v) is 5.73. The molecule has 5 nitrogen and oxygen atoms in total. The van der Waals surface area contributed by atoms with Crippen molar-refractivity contribution in [3.63, 3.8) is 0 Å². The Morgan fingerprint density at radius 1 is 1.08 bits per heavy atom. The lowest BCUT2D eigenvalue weighted by Gasteiger charge is -2.22. The van der Waals surface area contributed by atoms with E-state index in [1.807, 2.05) is 17.0 Å². The summed E-state index contributed by atoms with van der Waals surface area (Å²) in [4.78, 5) is 26.6. The van der Waals surface area contributed by atoms with Crippen LogP contribution < -0.4 is 4.90 Å². The van der Waals surface area contributed by atoms with E-state index in [2.05, 4.69) is 12.1 Å². The van der Waals surface area contributed by atoms with Gasteiger partial charge < -0.3 is 4.90 Å². The van der Waals surface area contributed by atoms with Gasteiger partial charge in [-0.25, -0.2) is 0 Å². The molecule has 0 N–H and O–H groups in total. The molecule has 3 aromatic rings. The molecule has 0 fully saturated rings. The molecule has 0 saturated carbocycles. The molecule has 0 spiro atoms. The minimum atomic E-state index is -0.454. The van der Waals surface area contributed by atoms with Crippen LogP contribution in [0, 0.1) is 10.1 Å². The monoisotopic (exact) mass is 352 g/mol. The number of fused-ring (bicyclic) bond motifs is 3. The Kier molecular flexibility index (Phi) is 3.97. The van der Waals surface area contributed by atoms with Gasteiger partial charge in [0.1, 0.15) is 0 Å². The van der Waals surface area contributed by atoms with E-state index in [-0.39, 0.29) is 11.6 Å². The van der Waals surface area contributed by atoms with Gasteiger partial charge in [0.15, 0.2) is 0 Å². The summed E-state index contributed by atoms with van der Waals surface area (Å²) in [6.07, 6.45) is 3.00. The van der Waals surface area contributed by atoms with Gasteiger partial charge in [0.2, 0.25) is 0 Å². The molecule has 4 rings (SSSR count). The number of amides is 1. The molecule has 0 unspecified atom stereocenters. The predicted molar refractivity (Wildman–Crippen MR) is 99.5 cm³/mol. The molecule has 0 aliphatic carbocycles. The van der Waals surface area contributed by atoms with E-state index in [0.29, 0.717) is 12.1 Å². The molecule has 1 aromatic heterocycles. The van der Waals surface area contributed by atoms with Crippen molar-refractivity contribution in [1.82, 2.24) is 0 Å². The fourth-order valence-corrected chi connectivity index (χ4v) is 4.55. The van der Waals surface area contributed by atoms with Gasteiger partial charge in [-0.15, -0.1) is 11.3 Å². The summed E-state index contributed by atoms with van der Waals surface area (Å²) in [5.41, 5.74) is 1.49. The topological polar surface area (TPSA) is 63.4 Å². The maximum Gasteiger partial charge on any atom is 0.269 e. The number of thiophene rings is 1. The SMILES string of the molecule is O=C(c1ccc([N+](=O)[O-])cc1)N1CCCCc2sc3ccccc3c21. The number of anilines is 1. The second kappa shape index (κ2) is 6.29. The van der Waals surface area contributed by atoms with Crippen LogP contribution in [0.25, 0.3) is 10.1 Å². The lowest BCUT2D eigenvalue weighted by Crippen LogP contribution is -2.31. The first-order chi connectivity index (χ1) is 12.1. The van der Waals surface area contributed by atoms with E-state index in [1.165, 1.54) is 21.7 Å². The zero-order chi connectivity index (χ0) is 17.4. The molecule has 1 aliphatic heterocycles. The normalized spacial score (nSPS) is 14.2. The third kappa shape index (κ3) is 2.78. The highest BCUT2D eigenvalue weighted by Crippen LogP contribution is 2.41. The number of nitro benzene ring substituents is 1. The van der Waals surface area contributed by atoms with Crippen molar-refractivity contribution in [3.8, 4) is 0 Å². The smallest absolute Gasteiger partial charge is 0.269 e. The summed E-state index contributed by atoms with van der Waals surface area (Å²) in [6, 6.07) is 14.0. The first kappa shape index (κ1) is 15.8. The highest BCUT2D eigenvalue weighted by atomic mass is 32.1. The number of nitrogens with zero attached hydrogens (tertiary/aromatic N) is 2. The van der Waals surface area contributed by atoms with Crippen molar-refractivity contribution in [1.29, 1.82) is 0 Å². The van der Waals surface area contributed by atoms with Crippen LogP contribution in [0.1, 0.15) is 28.1 Å². The molecule has 2 heterocycles. The van der Waals surface area contributed by atoms with Crippen LogP contribution in [0.3, 0.4) is 0 Å². The van der Waals surface area contributed by atoms with E-state index in [4.69, 9.17) is 0 Å². The van der Waals surface area contributed by atoms with Crippen molar-refractivity contribution in [2.75, 3.05) is 11.4 Å². The number of hydrogen-bond acceptors (Lipinski definition) is 4. The van der Waals surface area contributed by atoms with Gasteiger partial charge in [-0.3, -0.25) is 14.9 Å². The molecule has 6 heteroatoms. The Hall–Kier alpha value is -2.73. The van der Waals surface area contributed by atoms with Crippen molar-refractivity contribution in [2.24, 2.45) is 0 Å². The van der Waals surface area contributed by atoms with Crippen LogP contribution in [-0.4, -0.2) is 17.4 Å². The molecule has 0 atom stereocenters. The minimum absolute atomic E-state index is 0.00547. The Bertz CT molecular complexity index is 962. The average Bonchev–Trinajstić information content (AvgIpc) is 2.86. The Morgan fingerprint density at radius 2 is 1.84 bits per heavy atom. The molecule has 0 bridgehead atoms. The first-order valence-corrected chi connectivity index (χ1v) is 9.03. The average molecular weight is 352 g/mol. The number of aryl methyl sites for hydroxylation is 1. The van der Waals surface area contributed by atoms with Crippen molar-refractivity contribution in [2.45, 2.75) is 19.3 Å². The molecule has 0 radical (unpaired) electrons. The number of carbonyl (C=O) groups excluding carboxylic acids is 1. The van der Waals surface area contributed by atoms with Gasteiger partial charge in [0.25, 0.3) is 11.6 Å². The van der Waals surface area contributed by atoms with E-state index in [0.717, 1.165) is 30.3 Å². The molecular formula is C19H16N2O3S. The van der Waals surface area contributed by atoms with Crippen LogP contribution in [0.15, 0.2) is 48.5 Å². The molecular weight excluding hydrogens is 336 g/mol. The summed E-state index contributed by atoms with van der Waals surface area (Å²) in [5.74, 6) is -0.0957. The number of rotatable bonds is 2. The Balaban J connectivity index is 1.77. The molecule has 0 saturated heterocycles. The zero-order valence-corrected chi connectivity index (χ0v) is 14.3. The zero-order valence-electron chi connectivity index (χ0n) is 13.5. The summed E-state index contributed by atoms with van der Waals surface area (Å²) in [5, 5.41) is 11.9. The van der Waals surface area contributed by atoms with Gasteiger partial charge in [0, 0.05) is 39.2 Å². The fourth-order valence-electron chi connectivity index (χ4n) is 3.30. The van der Waals surface area contributed by atoms with Gasteiger partial charge in [-0.05, 0) is 37.5 Å². The highest BCUT2D eigenvalue weighted by molar-refractivity contribution is 7.19. The first-order valence-electron chi connectivity index (χ1n) is 8.22. The number of nitro groups is 1. The summed E-state index contributed by atoms with van der Waals surface area (Å²) >= 11 is 1.75. The maximum atomic E-state index is 13.1. The van der Waals surface area contributed by atoms with Crippen molar-refractivity contribution >= 4 is 38.7 Å². The molecule has 126 valence electrons. The van der Waals surface area contributed by atoms with Gasteiger partial charge in [-0.2, -0.15) is 0 Å². The molecule has 25 heavy (non-hydrogen) atoms. The molecule has 1 amide bonds. The molecule has 1 aliphatic rings. The second-order valence-electron chi connectivity index (χ2n) is 6.09. The lowest BCUT2D eigenvalue weighted by molar-refractivity contribution is -0.384. The predicted octanol–water partition coefficient (Wildman–Crippen LogP) is 4.79. The Morgan fingerprint density at radius 3 is 2.60 bits per heavy atom. The van der Waals surface area contributed by atoms with Crippen molar-refractivity contribution in [3.05, 3.63) is 69.1 Å². The van der Waals surface area contributed by atoms with Crippen LogP contribution in [0.2, 0.25) is 0 Å². The van der Waals surface area contributed by atoms with Crippen LogP contribution in [0.4, 0.5) is 11.4 Å². The minimum Gasteiger partial charge on any atom is -0.307 e. The standard InChI is InChI=1S/C19H16N2O3S/c22-19(13-8-10-14(11-9-13)21(23)24)20-12-4-3-7-17-18(20)15-5-1-2-6-16(15)25-17/h1-2,5-6,8-11H,3-4,7,12H2. The third-order valence-electron chi connectivity index (χ3n) is 4.52. The van der Waals surface area contributed by atoms with Gasteiger partial charge in [0.05, 0.1) is 10.6 Å². The summed E-state index contributed by atoms with van der Waals surface area (Å²) in [6.45, 7) is 0.670. The van der Waals surface area contributed by atoms with Gasteiger partial charge >= 0.3 is 0 Å². The quantitative estimate of drug-likeness (QED) is 0.492. The number of carbonyl (C=O) groups is 1. The Labute approximate surface area is 148 Å². The van der Waals surface area contributed by atoms with Crippen molar-refractivity contribution < 1.29 is 9.72 Å². The van der Waals surface area contributed by atoms with E-state index in [9.17, 15) is 14.9 Å². The second-order valence-corrected chi connectivity index (χ2v) is 7.22. The summed E-state index contributed by atoms with van der Waals surface area (Å²) in [7, 11) is 0. The summed E-state index contributed by atoms with van der Waals surface area (Å²) < 4.78 is 1.19. The lowest BCUT2D eigenvalue weighted by atomic mass is 10.1. The largest absolute Gasteiger partial charge is 0.307 e. The van der Waals surface area contributed by atoms with E-state index < -0.39 is 4.92 Å². The number of non-ortho nitro benzene ring substituents is 1. The van der Waals surface area contributed by atoms with Crippen LogP contribution in [0.5, 0.6) is 0 Å². The van der Waals surface area contributed by atoms with Gasteiger partial charge in [-0.1, -0.05) is 18.2 Å². The van der Waals surface area contributed by atoms with Crippen LogP contribution >= 0.6 is 11.3 Å². The maximum absolute atomic E-state index is 13.1. The van der Waals surface area contributed by atoms with E-state index in [1.54, 1.807) is 23.5 Å². The van der Waals surface area contributed by atoms with Crippen LogP contribution in [-0.2, 0) is 6.42 Å². The highest BCUT2D eigenvalue weighted by Gasteiger charge is 2.26. The van der Waals surface area contributed by atoms with E-state index >= 15 is 0 Å². The number of hydrogen-bond donors (Lipinski definition) is 0. The fraction of sp³-hybridized carbons (Fsp3) is 0.211. The molecule has 2 aromatic carbocycles.